The minimum Gasteiger partial charge on any atom is -0.337 e. The molecule has 0 N–H and O–H groups in total. The summed E-state index contributed by atoms with van der Waals surface area (Å²) in [4.78, 5) is 11.0. The largest absolute Gasteiger partial charge is 0.337 e. The highest BCUT2D eigenvalue weighted by atomic mass is 32.2. The van der Waals surface area contributed by atoms with Crippen molar-refractivity contribution in [1.29, 1.82) is 0 Å². The Morgan fingerprint density at radius 2 is 1.79 bits per heavy atom. The van der Waals surface area contributed by atoms with E-state index < -0.39 is 10.0 Å². The third-order valence-corrected chi connectivity index (χ3v) is 7.11. The topological polar surface area (TPSA) is 92.4 Å². The van der Waals surface area contributed by atoms with E-state index in [1.807, 2.05) is 38.1 Å². The first kappa shape index (κ1) is 19.7. The normalized spacial score (nSPS) is 17.3. The molecule has 4 rings (SSSR count). The average molecular weight is 414 g/mol. The fourth-order valence-electron chi connectivity index (χ4n) is 3.36. The van der Waals surface area contributed by atoms with Crippen LogP contribution in [0.15, 0.2) is 58.2 Å². The van der Waals surface area contributed by atoms with Gasteiger partial charge >= 0.3 is 0 Å². The molecule has 8 nitrogen and oxygen atoms in total. The number of aryl methyl sites for hydroxylation is 1. The second-order valence-corrected chi connectivity index (χ2v) is 9.06. The van der Waals surface area contributed by atoms with Crippen LogP contribution in [-0.4, -0.2) is 58.9 Å². The molecule has 1 aliphatic rings. The van der Waals surface area contributed by atoms with Gasteiger partial charge in [0.05, 0.1) is 10.9 Å². The van der Waals surface area contributed by atoms with E-state index in [9.17, 15) is 8.42 Å². The summed E-state index contributed by atoms with van der Waals surface area (Å²) in [6.07, 6.45) is 3.38. The Bertz CT molecular complexity index is 1060. The molecule has 1 atom stereocenters. The highest BCUT2D eigenvalue weighted by molar-refractivity contribution is 7.89. The predicted molar refractivity (Wildman–Crippen MR) is 107 cm³/mol. The van der Waals surface area contributed by atoms with Crippen LogP contribution in [0.4, 0.5) is 0 Å². The van der Waals surface area contributed by atoms with Crippen LogP contribution < -0.4 is 0 Å². The summed E-state index contributed by atoms with van der Waals surface area (Å²) in [5.74, 6) is 1.01. The van der Waals surface area contributed by atoms with Crippen LogP contribution in [0, 0.1) is 6.92 Å². The molecule has 9 heteroatoms. The number of piperazine rings is 1. The third-order valence-electron chi connectivity index (χ3n) is 5.20. The summed E-state index contributed by atoms with van der Waals surface area (Å²) in [5, 5.41) is 4.04. The van der Waals surface area contributed by atoms with Gasteiger partial charge in [0.25, 0.3) is 0 Å². The van der Waals surface area contributed by atoms with Crippen molar-refractivity contribution in [3.8, 4) is 11.4 Å². The van der Waals surface area contributed by atoms with Crippen molar-refractivity contribution >= 4 is 10.0 Å². The SMILES string of the molecule is Cc1ccc(S(=O)(=O)N2CCN(C(C)c3nc(-c4cccnc4)no3)CC2)cc1. The number of rotatable bonds is 5. The quantitative estimate of drug-likeness (QED) is 0.634. The lowest BCUT2D eigenvalue weighted by Gasteiger charge is -2.36. The molecule has 2 aromatic heterocycles. The Hall–Kier alpha value is -2.62. The molecule has 0 aliphatic carbocycles. The summed E-state index contributed by atoms with van der Waals surface area (Å²) in [6.45, 7) is 5.96. The van der Waals surface area contributed by atoms with E-state index in [2.05, 4.69) is 20.0 Å². The van der Waals surface area contributed by atoms with E-state index in [0.717, 1.165) is 11.1 Å². The number of hydrogen-bond acceptors (Lipinski definition) is 7. The first-order valence-corrected chi connectivity index (χ1v) is 10.9. The van der Waals surface area contributed by atoms with Crippen molar-refractivity contribution in [2.24, 2.45) is 0 Å². The number of hydrogen-bond donors (Lipinski definition) is 0. The van der Waals surface area contributed by atoms with E-state index in [4.69, 9.17) is 4.52 Å². The molecule has 0 spiro atoms. The highest BCUT2D eigenvalue weighted by Crippen LogP contribution is 2.25. The average Bonchev–Trinajstić information content (AvgIpc) is 3.24. The maximum Gasteiger partial charge on any atom is 0.244 e. The van der Waals surface area contributed by atoms with E-state index in [-0.39, 0.29) is 6.04 Å². The second-order valence-electron chi connectivity index (χ2n) is 7.13. The van der Waals surface area contributed by atoms with Crippen molar-refractivity contribution < 1.29 is 12.9 Å². The van der Waals surface area contributed by atoms with Gasteiger partial charge in [-0.3, -0.25) is 9.88 Å². The molecular formula is C20H23N5O3S. The molecule has 1 saturated heterocycles. The third kappa shape index (κ3) is 4.07. The van der Waals surface area contributed by atoms with Crippen LogP contribution in [0.5, 0.6) is 0 Å². The Kier molecular flexibility index (Phi) is 5.44. The molecule has 1 fully saturated rings. The maximum absolute atomic E-state index is 12.9. The molecule has 0 amide bonds. The van der Waals surface area contributed by atoms with E-state index in [1.165, 1.54) is 4.31 Å². The van der Waals surface area contributed by atoms with Crippen molar-refractivity contribution in [3.63, 3.8) is 0 Å². The van der Waals surface area contributed by atoms with Crippen LogP contribution in [0.25, 0.3) is 11.4 Å². The number of aromatic nitrogens is 3. The molecule has 3 aromatic rings. The van der Waals surface area contributed by atoms with Gasteiger partial charge in [0.15, 0.2) is 0 Å². The Morgan fingerprint density at radius 3 is 2.45 bits per heavy atom. The first-order chi connectivity index (χ1) is 13.9. The highest BCUT2D eigenvalue weighted by Gasteiger charge is 2.31. The molecule has 29 heavy (non-hydrogen) atoms. The lowest BCUT2D eigenvalue weighted by Crippen LogP contribution is -2.49. The Morgan fingerprint density at radius 1 is 1.07 bits per heavy atom. The zero-order valence-corrected chi connectivity index (χ0v) is 17.2. The zero-order valence-electron chi connectivity index (χ0n) is 16.4. The molecule has 3 heterocycles. The summed E-state index contributed by atoms with van der Waals surface area (Å²) < 4.78 is 32.7. The van der Waals surface area contributed by atoms with E-state index in [0.29, 0.717) is 42.8 Å². The van der Waals surface area contributed by atoms with Crippen molar-refractivity contribution in [1.82, 2.24) is 24.3 Å². The maximum atomic E-state index is 12.9. The van der Waals surface area contributed by atoms with Crippen molar-refractivity contribution in [2.75, 3.05) is 26.2 Å². The van der Waals surface area contributed by atoms with Crippen molar-refractivity contribution in [2.45, 2.75) is 24.8 Å². The van der Waals surface area contributed by atoms with E-state index in [1.54, 1.807) is 24.5 Å². The minimum atomic E-state index is -3.48. The van der Waals surface area contributed by atoms with Crippen LogP contribution in [-0.2, 0) is 10.0 Å². The van der Waals surface area contributed by atoms with Gasteiger partial charge in [-0.05, 0) is 38.1 Å². The van der Waals surface area contributed by atoms with Gasteiger partial charge in [-0.25, -0.2) is 8.42 Å². The van der Waals surface area contributed by atoms with Gasteiger partial charge in [-0.1, -0.05) is 22.9 Å². The first-order valence-electron chi connectivity index (χ1n) is 9.50. The molecule has 0 bridgehead atoms. The fraction of sp³-hybridized carbons (Fsp3) is 0.350. The Balaban J connectivity index is 1.42. The Labute approximate surface area is 170 Å². The van der Waals surface area contributed by atoms with Gasteiger partial charge < -0.3 is 4.52 Å². The lowest BCUT2D eigenvalue weighted by molar-refractivity contribution is 0.124. The van der Waals surface area contributed by atoms with Gasteiger partial charge in [-0.2, -0.15) is 9.29 Å². The van der Waals surface area contributed by atoms with Crippen LogP contribution in [0.1, 0.15) is 24.4 Å². The van der Waals surface area contributed by atoms with Crippen molar-refractivity contribution in [3.05, 3.63) is 60.2 Å². The predicted octanol–water partition coefficient (Wildman–Crippen LogP) is 2.51. The van der Waals surface area contributed by atoms with E-state index >= 15 is 0 Å². The van der Waals surface area contributed by atoms with Crippen LogP contribution in [0.3, 0.4) is 0 Å². The number of benzene rings is 1. The summed E-state index contributed by atoms with van der Waals surface area (Å²) in [6, 6.07) is 10.6. The molecule has 0 radical (unpaired) electrons. The molecule has 1 unspecified atom stereocenters. The van der Waals surface area contributed by atoms with Crippen LogP contribution >= 0.6 is 0 Å². The summed E-state index contributed by atoms with van der Waals surface area (Å²) in [7, 11) is -3.48. The molecule has 0 saturated carbocycles. The van der Waals surface area contributed by atoms with Gasteiger partial charge in [0.2, 0.25) is 21.7 Å². The van der Waals surface area contributed by atoms with Gasteiger partial charge in [-0.15, -0.1) is 0 Å². The van der Waals surface area contributed by atoms with Crippen LogP contribution in [0.2, 0.25) is 0 Å². The fourth-order valence-corrected chi connectivity index (χ4v) is 4.79. The number of nitrogens with zero attached hydrogens (tertiary/aromatic N) is 5. The molecule has 1 aromatic carbocycles. The summed E-state index contributed by atoms with van der Waals surface area (Å²) >= 11 is 0. The number of sulfonamides is 1. The standard InChI is InChI=1S/C20H23N5O3S/c1-15-5-7-18(8-6-15)29(26,27)25-12-10-24(11-13-25)16(2)20-22-19(23-28-20)17-4-3-9-21-14-17/h3-9,14,16H,10-13H2,1-2H3. The smallest absolute Gasteiger partial charge is 0.244 e. The second kappa shape index (κ2) is 8.02. The summed E-state index contributed by atoms with van der Waals surface area (Å²) in [5.41, 5.74) is 1.83. The molecule has 1 aliphatic heterocycles. The molecule has 152 valence electrons. The van der Waals surface area contributed by atoms with Gasteiger partial charge in [0, 0.05) is 44.1 Å². The minimum absolute atomic E-state index is 0.0999. The lowest BCUT2D eigenvalue weighted by atomic mass is 10.2. The van der Waals surface area contributed by atoms with Gasteiger partial charge in [0.1, 0.15) is 0 Å². The monoisotopic (exact) mass is 413 g/mol. The zero-order chi connectivity index (χ0) is 20.4. The molecular weight excluding hydrogens is 390 g/mol. The number of pyridine rings is 1.